The molecule has 21 heavy (non-hydrogen) atoms. The van der Waals surface area contributed by atoms with E-state index >= 15 is 0 Å². The maximum atomic E-state index is 13.1. The summed E-state index contributed by atoms with van der Waals surface area (Å²) >= 11 is 0. The lowest BCUT2D eigenvalue weighted by atomic mass is 10.1. The summed E-state index contributed by atoms with van der Waals surface area (Å²) in [6.45, 7) is 4.67. The second-order valence-electron chi connectivity index (χ2n) is 5.36. The van der Waals surface area contributed by atoms with Gasteiger partial charge in [-0.05, 0) is 49.2 Å². The first-order chi connectivity index (χ1) is 10.1. The van der Waals surface area contributed by atoms with Crippen LogP contribution in [0.1, 0.15) is 29.9 Å². The van der Waals surface area contributed by atoms with E-state index in [1.165, 1.54) is 6.07 Å². The van der Waals surface area contributed by atoms with Gasteiger partial charge in [0.1, 0.15) is 17.2 Å². The van der Waals surface area contributed by atoms with Gasteiger partial charge in [-0.2, -0.15) is 0 Å². The van der Waals surface area contributed by atoms with Gasteiger partial charge in [0, 0.05) is 11.9 Å². The molecule has 1 atom stereocenters. The summed E-state index contributed by atoms with van der Waals surface area (Å²) in [5, 5.41) is 4.53. The molecule has 1 heterocycles. The fraction of sp³-hybridized carbons (Fsp3) is 0.222. The van der Waals surface area contributed by atoms with Crippen LogP contribution in [0.2, 0.25) is 0 Å². The van der Waals surface area contributed by atoms with Gasteiger partial charge < -0.3 is 9.73 Å². The number of furan rings is 1. The second kappa shape index (κ2) is 5.70. The number of hydrogen-bond acceptors (Lipinski definition) is 2. The molecule has 1 N–H and O–H groups in total. The zero-order chi connectivity index (χ0) is 14.8. The Kier molecular flexibility index (Phi) is 3.76. The fourth-order valence-electron chi connectivity index (χ4n) is 2.44. The minimum Gasteiger partial charge on any atom is -0.459 e. The van der Waals surface area contributed by atoms with Crippen LogP contribution in [-0.4, -0.2) is 0 Å². The van der Waals surface area contributed by atoms with Crippen LogP contribution >= 0.6 is 0 Å². The van der Waals surface area contributed by atoms with Crippen LogP contribution in [-0.2, 0) is 6.54 Å². The van der Waals surface area contributed by atoms with Crippen molar-refractivity contribution in [3.63, 3.8) is 0 Å². The van der Waals surface area contributed by atoms with Crippen LogP contribution in [0, 0.1) is 12.7 Å². The SMILES string of the molecule is Cc1cc(F)ccc1CNC(C)c1cc2ccccc2o1. The summed E-state index contributed by atoms with van der Waals surface area (Å²) in [6.07, 6.45) is 0. The van der Waals surface area contributed by atoms with E-state index in [-0.39, 0.29) is 11.9 Å². The first-order valence-corrected chi connectivity index (χ1v) is 7.10. The molecule has 0 radical (unpaired) electrons. The number of rotatable bonds is 4. The topological polar surface area (TPSA) is 25.2 Å². The Morgan fingerprint density at radius 3 is 2.71 bits per heavy atom. The average Bonchev–Trinajstić information content (AvgIpc) is 2.90. The van der Waals surface area contributed by atoms with Crippen LogP contribution in [0.5, 0.6) is 0 Å². The molecule has 0 bridgehead atoms. The molecule has 108 valence electrons. The summed E-state index contributed by atoms with van der Waals surface area (Å²) < 4.78 is 18.9. The molecule has 0 aliphatic carbocycles. The van der Waals surface area contributed by atoms with Gasteiger partial charge >= 0.3 is 0 Å². The normalized spacial score (nSPS) is 12.7. The monoisotopic (exact) mass is 283 g/mol. The zero-order valence-corrected chi connectivity index (χ0v) is 12.2. The summed E-state index contributed by atoms with van der Waals surface area (Å²) in [5.74, 6) is 0.720. The van der Waals surface area contributed by atoms with Gasteiger partial charge in [0.15, 0.2) is 0 Å². The van der Waals surface area contributed by atoms with Gasteiger partial charge in [-0.1, -0.05) is 24.3 Å². The van der Waals surface area contributed by atoms with Crippen molar-refractivity contribution in [3.8, 4) is 0 Å². The van der Waals surface area contributed by atoms with Gasteiger partial charge in [0.2, 0.25) is 0 Å². The van der Waals surface area contributed by atoms with Crippen molar-refractivity contribution >= 4 is 11.0 Å². The van der Waals surface area contributed by atoms with E-state index in [0.717, 1.165) is 27.9 Å². The lowest BCUT2D eigenvalue weighted by Crippen LogP contribution is -2.18. The van der Waals surface area contributed by atoms with Crippen molar-refractivity contribution in [3.05, 3.63) is 71.2 Å². The first kappa shape index (κ1) is 13.8. The average molecular weight is 283 g/mol. The van der Waals surface area contributed by atoms with Crippen molar-refractivity contribution in [2.24, 2.45) is 0 Å². The van der Waals surface area contributed by atoms with E-state index < -0.39 is 0 Å². The number of nitrogens with one attached hydrogen (secondary N) is 1. The van der Waals surface area contributed by atoms with Gasteiger partial charge in [0.05, 0.1) is 6.04 Å². The highest BCUT2D eigenvalue weighted by atomic mass is 19.1. The summed E-state index contributed by atoms with van der Waals surface area (Å²) in [5.41, 5.74) is 2.96. The van der Waals surface area contributed by atoms with Crippen LogP contribution in [0.15, 0.2) is 52.9 Å². The van der Waals surface area contributed by atoms with E-state index in [9.17, 15) is 4.39 Å². The van der Waals surface area contributed by atoms with Gasteiger partial charge in [-0.15, -0.1) is 0 Å². The molecule has 0 aliphatic rings. The largest absolute Gasteiger partial charge is 0.459 e. The van der Waals surface area contributed by atoms with E-state index in [1.807, 2.05) is 37.3 Å². The predicted molar refractivity (Wildman–Crippen MR) is 82.6 cm³/mol. The molecule has 3 rings (SSSR count). The molecular formula is C18H18FNO. The quantitative estimate of drug-likeness (QED) is 0.748. The zero-order valence-electron chi connectivity index (χ0n) is 12.2. The third-order valence-electron chi connectivity index (χ3n) is 3.77. The highest BCUT2D eigenvalue weighted by Gasteiger charge is 2.11. The van der Waals surface area contributed by atoms with Crippen LogP contribution in [0.4, 0.5) is 4.39 Å². The smallest absolute Gasteiger partial charge is 0.134 e. The van der Waals surface area contributed by atoms with E-state index in [1.54, 1.807) is 6.07 Å². The number of hydrogen-bond donors (Lipinski definition) is 1. The Hall–Kier alpha value is -2.13. The number of fused-ring (bicyclic) bond motifs is 1. The van der Waals surface area contributed by atoms with E-state index in [0.29, 0.717) is 6.54 Å². The minimum absolute atomic E-state index is 0.0989. The van der Waals surface area contributed by atoms with E-state index in [4.69, 9.17) is 4.42 Å². The number of halogens is 1. The lowest BCUT2D eigenvalue weighted by molar-refractivity contribution is 0.450. The third-order valence-corrected chi connectivity index (χ3v) is 3.77. The summed E-state index contributed by atoms with van der Waals surface area (Å²) in [7, 11) is 0. The number of benzene rings is 2. The molecule has 0 spiro atoms. The maximum absolute atomic E-state index is 13.1. The lowest BCUT2D eigenvalue weighted by Gasteiger charge is -2.12. The molecule has 0 saturated heterocycles. The molecule has 3 aromatic rings. The minimum atomic E-state index is -0.193. The summed E-state index contributed by atoms with van der Waals surface area (Å²) in [4.78, 5) is 0. The van der Waals surface area contributed by atoms with Gasteiger partial charge in [0.25, 0.3) is 0 Å². The van der Waals surface area contributed by atoms with Crippen molar-refractivity contribution < 1.29 is 8.81 Å². The van der Waals surface area contributed by atoms with Crippen LogP contribution in [0.25, 0.3) is 11.0 Å². The number of para-hydroxylation sites is 1. The molecule has 1 unspecified atom stereocenters. The Labute approximate surface area is 123 Å². The standard InChI is InChI=1S/C18H18FNO/c1-12-9-16(19)8-7-15(12)11-20-13(2)18-10-14-5-3-4-6-17(14)21-18/h3-10,13,20H,11H2,1-2H3. The van der Waals surface area contributed by atoms with Crippen molar-refractivity contribution in [2.45, 2.75) is 26.4 Å². The van der Waals surface area contributed by atoms with Crippen LogP contribution < -0.4 is 5.32 Å². The van der Waals surface area contributed by atoms with Gasteiger partial charge in [-0.25, -0.2) is 4.39 Å². The van der Waals surface area contributed by atoms with Gasteiger partial charge in [-0.3, -0.25) is 0 Å². The maximum Gasteiger partial charge on any atom is 0.134 e. The molecule has 3 heteroatoms. The first-order valence-electron chi connectivity index (χ1n) is 7.10. The van der Waals surface area contributed by atoms with E-state index in [2.05, 4.69) is 18.3 Å². The second-order valence-corrected chi connectivity index (χ2v) is 5.36. The molecule has 0 saturated carbocycles. The highest BCUT2D eigenvalue weighted by Crippen LogP contribution is 2.24. The Morgan fingerprint density at radius 1 is 1.14 bits per heavy atom. The Bertz CT molecular complexity index is 730. The van der Waals surface area contributed by atoms with Crippen molar-refractivity contribution in [1.29, 1.82) is 0 Å². The number of aryl methyl sites for hydroxylation is 1. The predicted octanol–water partition coefficient (Wildman–Crippen LogP) is 4.73. The molecular weight excluding hydrogens is 265 g/mol. The highest BCUT2D eigenvalue weighted by molar-refractivity contribution is 5.77. The Balaban J connectivity index is 1.72. The van der Waals surface area contributed by atoms with Crippen molar-refractivity contribution in [2.75, 3.05) is 0 Å². The Morgan fingerprint density at radius 2 is 1.95 bits per heavy atom. The molecule has 2 nitrogen and oxygen atoms in total. The molecule has 0 aliphatic heterocycles. The molecule has 2 aromatic carbocycles. The third kappa shape index (κ3) is 2.98. The molecule has 0 fully saturated rings. The molecule has 1 aromatic heterocycles. The summed E-state index contributed by atoms with van der Waals surface area (Å²) in [6, 6.07) is 15.0. The fourth-order valence-corrected chi connectivity index (χ4v) is 2.44. The van der Waals surface area contributed by atoms with Crippen LogP contribution in [0.3, 0.4) is 0 Å². The molecule has 0 amide bonds. The van der Waals surface area contributed by atoms with Crippen molar-refractivity contribution in [1.82, 2.24) is 5.32 Å².